The molecule has 0 spiro atoms. The molecular formula is C15H21NO2. The Balaban J connectivity index is 1.78. The minimum absolute atomic E-state index is 0.595. The van der Waals surface area contributed by atoms with Crippen molar-refractivity contribution in [2.45, 2.75) is 38.1 Å². The van der Waals surface area contributed by atoms with Gasteiger partial charge in [0.15, 0.2) is 11.5 Å². The molecule has 2 aliphatic rings. The standard InChI is InChI=1S/C15H21NO2/c1-2-8-16-13(6-1)11-12-5-3-7-14-15(12)18-10-4-9-17-14/h3,5,7,13,16H,1-2,4,6,8-11H2. The minimum Gasteiger partial charge on any atom is -0.490 e. The van der Waals surface area contributed by atoms with Crippen molar-refractivity contribution < 1.29 is 9.47 Å². The molecule has 0 radical (unpaired) electrons. The number of fused-ring (bicyclic) bond motifs is 1. The smallest absolute Gasteiger partial charge is 0.164 e. The van der Waals surface area contributed by atoms with Gasteiger partial charge >= 0.3 is 0 Å². The first-order valence-electron chi connectivity index (χ1n) is 7.04. The van der Waals surface area contributed by atoms with Crippen molar-refractivity contribution in [2.24, 2.45) is 0 Å². The molecule has 2 heterocycles. The molecule has 0 saturated carbocycles. The monoisotopic (exact) mass is 247 g/mol. The van der Waals surface area contributed by atoms with E-state index in [-0.39, 0.29) is 0 Å². The van der Waals surface area contributed by atoms with Crippen LogP contribution in [0.15, 0.2) is 18.2 Å². The van der Waals surface area contributed by atoms with Gasteiger partial charge in [-0.1, -0.05) is 18.6 Å². The van der Waals surface area contributed by atoms with Crippen molar-refractivity contribution in [1.82, 2.24) is 5.32 Å². The van der Waals surface area contributed by atoms with Crippen LogP contribution in [0.2, 0.25) is 0 Å². The van der Waals surface area contributed by atoms with Crippen LogP contribution >= 0.6 is 0 Å². The van der Waals surface area contributed by atoms with Crippen LogP contribution in [0.25, 0.3) is 0 Å². The summed E-state index contributed by atoms with van der Waals surface area (Å²) in [5.74, 6) is 1.89. The topological polar surface area (TPSA) is 30.5 Å². The number of hydrogen-bond acceptors (Lipinski definition) is 3. The molecule has 1 aromatic carbocycles. The van der Waals surface area contributed by atoms with Crippen molar-refractivity contribution in [1.29, 1.82) is 0 Å². The normalized spacial score (nSPS) is 23.4. The molecule has 3 heteroatoms. The van der Waals surface area contributed by atoms with E-state index in [0.29, 0.717) is 6.04 Å². The molecule has 98 valence electrons. The first-order chi connectivity index (χ1) is 8.93. The summed E-state index contributed by atoms with van der Waals surface area (Å²) in [4.78, 5) is 0. The van der Waals surface area contributed by atoms with E-state index in [1.165, 1.54) is 24.8 Å². The summed E-state index contributed by atoms with van der Waals surface area (Å²) in [5.41, 5.74) is 1.29. The fourth-order valence-electron chi connectivity index (χ4n) is 2.78. The Kier molecular flexibility index (Phi) is 3.69. The largest absolute Gasteiger partial charge is 0.490 e. The highest BCUT2D eigenvalue weighted by molar-refractivity contribution is 5.47. The van der Waals surface area contributed by atoms with Crippen molar-refractivity contribution in [2.75, 3.05) is 19.8 Å². The Morgan fingerprint density at radius 3 is 2.94 bits per heavy atom. The average molecular weight is 247 g/mol. The maximum Gasteiger partial charge on any atom is 0.164 e. The highest BCUT2D eigenvalue weighted by Gasteiger charge is 2.19. The van der Waals surface area contributed by atoms with E-state index < -0.39 is 0 Å². The van der Waals surface area contributed by atoms with E-state index in [2.05, 4.69) is 17.4 Å². The molecule has 2 aliphatic heterocycles. The quantitative estimate of drug-likeness (QED) is 0.871. The van der Waals surface area contributed by atoms with Gasteiger partial charge in [0.2, 0.25) is 0 Å². The van der Waals surface area contributed by atoms with Crippen LogP contribution in [-0.2, 0) is 6.42 Å². The van der Waals surface area contributed by atoms with E-state index in [1.807, 2.05) is 6.07 Å². The summed E-state index contributed by atoms with van der Waals surface area (Å²) >= 11 is 0. The van der Waals surface area contributed by atoms with Gasteiger partial charge in [0.25, 0.3) is 0 Å². The van der Waals surface area contributed by atoms with Crippen LogP contribution in [0.5, 0.6) is 11.5 Å². The summed E-state index contributed by atoms with van der Waals surface area (Å²) in [6, 6.07) is 6.85. The van der Waals surface area contributed by atoms with E-state index in [9.17, 15) is 0 Å². The van der Waals surface area contributed by atoms with Crippen LogP contribution in [0.1, 0.15) is 31.2 Å². The molecule has 1 aromatic rings. The van der Waals surface area contributed by atoms with Gasteiger partial charge in [-0.05, 0) is 37.4 Å². The fraction of sp³-hybridized carbons (Fsp3) is 0.600. The van der Waals surface area contributed by atoms with Crippen molar-refractivity contribution in [3.63, 3.8) is 0 Å². The molecule has 1 N–H and O–H groups in total. The summed E-state index contributed by atoms with van der Waals surface area (Å²) in [5, 5.41) is 3.59. The molecule has 1 atom stereocenters. The number of para-hydroxylation sites is 1. The molecule has 1 saturated heterocycles. The third kappa shape index (κ3) is 2.61. The average Bonchev–Trinajstić information content (AvgIpc) is 2.66. The first-order valence-corrected chi connectivity index (χ1v) is 7.04. The number of benzene rings is 1. The maximum absolute atomic E-state index is 5.87. The number of rotatable bonds is 2. The lowest BCUT2D eigenvalue weighted by Gasteiger charge is -2.24. The molecule has 0 bridgehead atoms. The third-order valence-electron chi connectivity index (χ3n) is 3.73. The van der Waals surface area contributed by atoms with Crippen molar-refractivity contribution in [3.05, 3.63) is 23.8 Å². The van der Waals surface area contributed by atoms with Gasteiger partial charge in [-0.3, -0.25) is 0 Å². The molecule has 0 amide bonds. The van der Waals surface area contributed by atoms with Crippen LogP contribution in [0, 0.1) is 0 Å². The minimum atomic E-state index is 0.595. The van der Waals surface area contributed by atoms with Crippen LogP contribution in [0.3, 0.4) is 0 Å². The molecule has 18 heavy (non-hydrogen) atoms. The third-order valence-corrected chi connectivity index (χ3v) is 3.73. The van der Waals surface area contributed by atoms with Gasteiger partial charge in [0, 0.05) is 12.5 Å². The van der Waals surface area contributed by atoms with Crippen LogP contribution in [-0.4, -0.2) is 25.8 Å². The van der Waals surface area contributed by atoms with Gasteiger partial charge in [0.1, 0.15) is 0 Å². The Morgan fingerprint density at radius 1 is 1.11 bits per heavy atom. The Morgan fingerprint density at radius 2 is 2.06 bits per heavy atom. The van der Waals surface area contributed by atoms with E-state index in [0.717, 1.165) is 44.1 Å². The Labute approximate surface area is 108 Å². The number of ether oxygens (including phenoxy) is 2. The first kappa shape index (κ1) is 11.8. The molecule has 1 fully saturated rings. The SMILES string of the molecule is c1cc(CC2CCCCN2)c2c(c1)OCCCO2. The second-order valence-electron chi connectivity index (χ2n) is 5.15. The van der Waals surface area contributed by atoms with Gasteiger partial charge in [-0.25, -0.2) is 0 Å². The summed E-state index contributed by atoms with van der Waals surface area (Å²) in [6.45, 7) is 2.68. The molecular weight excluding hydrogens is 226 g/mol. The molecule has 3 rings (SSSR count). The second-order valence-corrected chi connectivity index (χ2v) is 5.15. The summed E-state index contributed by atoms with van der Waals surface area (Å²) in [6.07, 6.45) is 5.93. The predicted octanol–water partition coefficient (Wildman–Crippen LogP) is 2.53. The zero-order chi connectivity index (χ0) is 12.2. The highest BCUT2D eigenvalue weighted by atomic mass is 16.5. The highest BCUT2D eigenvalue weighted by Crippen LogP contribution is 2.34. The number of nitrogens with one attached hydrogen (secondary N) is 1. The molecule has 1 unspecified atom stereocenters. The predicted molar refractivity (Wildman–Crippen MR) is 71.4 cm³/mol. The molecule has 0 aromatic heterocycles. The summed E-state index contributed by atoms with van der Waals surface area (Å²) < 4.78 is 11.6. The van der Waals surface area contributed by atoms with E-state index in [4.69, 9.17) is 9.47 Å². The zero-order valence-electron chi connectivity index (χ0n) is 10.8. The van der Waals surface area contributed by atoms with Crippen molar-refractivity contribution >= 4 is 0 Å². The molecule has 0 aliphatic carbocycles. The van der Waals surface area contributed by atoms with Crippen molar-refractivity contribution in [3.8, 4) is 11.5 Å². The number of hydrogen-bond donors (Lipinski definition) is 1. The van der Waals surface area contributed by atoms with Crippen LogP contribution < -0.4 is 14.8 Å². The Hall–Kier alpha value is -1.22. The maximum atomic E-state index is 5.87. The fourth-order valence-corrected chi connectivity index (χ4v) is 2.78. The zero-order valence-corrected chi connectivity index (χ0v) is 10.8. The van der Waals surface area contributed by atoms with Gasteiger partial charge in [-0.15, -0.1) is 0 Å². The summed E-state index contributed by atoms with van der Waals surface area (Å²) in [7, 11) is 0. The Bertz CT molecular complexity index is 399. The second kappa shape index (κ2) is 5.61. The van der Waals surface area contributed by atoms with Gasteiger partial charge in [-0.2, -0.15) is 0 Å². The van der Waals surface area contributed by atoms with E-state index in [1.54, 1.807) is 0 Å². The molecule has 3 nitrogen and oxygen atoms in total. The lowest BCUT2D eigenvalue weighted by Crippen LogP contribution is -2.35. The lowest BCUT2D eigenvalue weighted by molar-refractivity contribution is 0.295. The van der Waals surface area contributed by atoms with Gasteiger partial charge < -0.3 is 14.8 Å². The number of piperidine rings is 1. The van der Waals surface area contributed by atoms with E-state index >= 15 is 0 Å². The van der Waals surface area contributed by atoms with Gasteiger partial charge in [0.05, 0.1) is 13.2 Å². The van der Waals surface area contributed by atoms with Crippen LogP contribution in [0.4, 0.5) is 0 Å². The lowest BCUT2D eigenvalue weighted by atomic mass is 9.97.